The van der Waals surface area contributed by atoms with Crippen molar-refractivity contribution in [3.63, 3.8) is 0 Å². The normalized spacial score (nSPS) is 11.8. The summed E-state index contributed by atoms with van der Waals surface area (Å²) >= 11 is 0. The molecule has 0 fully saturated rings. The summed E-state index contributed by atoms with van der Waals surface area (Å²) in [6.07, 6.45) is -2.92. The van der Waals surface area contributed by atoms with Crippen LogP contribution < -0.4 is 4.74 Å². The number of aromatic nitrogens is 5. The highest BCUT2D eigenvalue weighted by Crippen LogP contribution is 2.27. The first kappa shape index (κ1) is 22.5. The van der Waals surface area contributed by atoms with E-state index in [1.165, 1.54) is 24.3 Å². The van der Waals surface area contributed by atoms with Gasteiger partial charge in [-0.3, -0.25) is 9.67 Å². The van der Waals surface area contributed by atoms with Crippen molar-refractivity contribution < 1.29 is 22.4 Å². The summed E-state index contributed by atoms with van der Waals surface area (Å²) in [5.74, 6) is 0.118. The second kappa shape index (κ2) is 9.02. The zero-order valence-corrected chi connectivity index (χ0v) is 18.2. The first-order chi connectivity index (χ1) is 15.7. The van der Waals surface area contributed by atoms with Crippen LogP contribution in [-0.4, -0.2) is 50.3 Å². The van der Waals surface area contributed by atoms with Crippen molar-refractivity contribution in [2.75, 3.05) is 14.1 Å². The third kappa shape index (κ3) is 5.75. The number of aryl methyl sites for hydroxylation is 1. The molecule has 0 radical (unpaired) electrons. The monoisotopic (exact) mass is 458 g/mol. The van der Waals surface area contributed by atoms with Gasteiger partial charge in [0, 0.05) is 24.0 Å². The first-order valence-electron chi connectivity index (χ1n) is 9.99. The van der Waals surface area contributed by atoms with E-state index < -0.39 is 6.36 Å². The predicted octanol–water partition coefficient (Wildman–Crippen LogP) is 4.31. The Morgan fingerprint density at radius 2 is 1.85 bits per heavy atom. The van der Waals surface area contributed by atoms with Crippen LogP contribution in [0.15, 0.2) is 53.2 Å². The maximum atomic E-state index is 12.3. The lowest BCUT2D eigenvalue weighted by Crippen LogP contribution is -2.16. The van der Waals surface area contributed by atoms with E-state index in [1.54, 1.807) is 0 Å². The molecule has 11 heteroatoms. The number of nitrogens with zero attached hydrogens (tertiary/aromatic N) is 6. The van der Waals surface area contributed by atoms with Gasteiger partial charge in [0.2, 0.25) is 5.82 Å². The molecule has 3 aromatic heterocycles. The van der Waals surface area contributed by atoms with Crippen molar-refractivity contribution in [3.8, 4) is 28.7 Å². The van der Waals surface area contributed by atoms with Crippen molar-refractivity contribution in [1.82, 2.24) is 29.8 Å². The van der Waals surface area contributed by atoms with Crippen LogP contribution in [0, 0.1) is 6.92 Å². The van der Waals surface area contributed by atoms with Gasteiger partial charge >= 0.3 is 6.36 Å². The fraction of sp³-hybridized carbons (Fsp3) is 0.273. The Morgan fingerprint density at radius 3 is 2.48 bits per heavy atom. The quantitative estimate of drug-likeness (QED) is 0.408. The summed E-state index contributed by atoms with van der Waals surface area (Å²) in [7, 11) is 3.98. The van der Waals surface area contributed by atoms with E-state index in [0.717, 1.165) is 23.5 Å². The molecule has 0 amide bonds. The van der Waals surface area contributed by atoms with E-state index in [0.29, 0.717) is 17.8 Å². The molecule has 0 atom stereocenters. The zero-order chi connectivity index (χ0) is 23.6. The maximum absolute atomic E-state index is 12.3. The molecule has 0 aliphatic rings. The van der Waals surface area contributed by atoms with Crippen LogP contribution >= 0.6 is 0 Å². The summed E-state index contributed by atoms with van der Waals surface area (Å²) in [5.41, 5.74) is 3.87. The Bertz CT molecular complexity index is 1210. The van der Waals surface area contributed by atoms with Crippen LogP contribution in [0.1, 0.15) is 17.0 Å². The molecule has 172 valence electrons. The summed E-state index contributed by atoms with van der Waals surface area (Å²) in [4.78, 5) is 10.9. The number of alkyl halides is 3. The van der Waals surface area contributed by atoms with Gasteiger partial charge in [0.1, 0.15) is 5.75 Å². The van der Waals surface area contributed by atoms with Crippen molar-refractivity contribution in [2.24, 2.45) is 0 Å². The van der Waals surface area contributed by atoms with Crippen molar-refractivity contribution in [1.29, 1.82) is 0 Å². The van der Waals surface area contributed by atoms with E-state index >= 15 is 0 Å². The van der Waals surface area contributed by atoms with Gasteiger partial charge < -0.3 is 14.2 Å². The predicted molar refractivity (Wildman–Crippen MR) is 113 cm³/mol. The first-order valence-corrected chi connectivity index (χ1v) is 9.99. The van der Waals surface area contributed by atoms with Crippen LogP contribution in [0.25, 0.3) is 23.0 Å². The van der Waals surface area contributed by atoms with Crippen LogP contribution in [0.2, 0.25) is 0 Å². The largest absolute Gasteiger partial charge is 0.573 e. The van der Waals surface area contributed by atoms with Gasteiger partial charge in [-0.2, -0.15) is 10.1 Å². The van der Waals surface area contributed by atoms with Gasteiger partial charge in [-0.25, -0.2) is 0 Å². The number of rotatable bonds is 7. The van der Waals surface area contributed by atoms with Gasteiger partial charge in [-0.05, 0) is 63.0 Å². The molecule has 33 heavy (non-hydrogen) atoms. The fourth-order valence-electron chi connectivity index (χ4n) is 3.16. The lowest BCUT2D eigenvalue weighted by molar-refractivity contribution is -0.274. The Hall–Kier alpha value is -3.73. The standard InChI is InChI=1S/C22H21F3N6O2/c1-14-10-19(28-31(14)12-15-4-7-17(26-11-15)13-30(2)3)21-27-20(29-33-21)16-5-8-18(9-6-16)32-22(23,24)25/h4-11H,12-13H2,1-3H3. The molecule has 0 aliphatic carbocycles. The topological polar surface area (TPSA) is 82.1 Å². The maximum Gasteiger partial charge on any atom is 0.573 e. The fourth-order valence-corrected chi connectivity index (χ4v) is 3.16. The molecule has 0 saturated carbocycles. The third-order valence-electron chi connectivity index (χ3n) is 4.67. The summed E-state index contributed by atoms with van der Waals surface area (Å²) < 4.78 is 47.9. The molecule has 0 aliphatic heterocycles. The Morgan fingerprint density at radius 1 is 1.09 bits per heavy atom. The lowest BCUT2D eigenvalue weighted by atomic mass is 10.2. The summed E-state index contributed by atoms with van der Waals surface area (Å²) in [5, 5.41) is 8.46. The molecule has 8 nitrogen and oxygen atoms in total. The smallest absolute Gasteiger partial charge is 0.406 e. The van der Waals surface area contributed by atoms with Crippen LogP contribution in [0.5, 0.6) is 5.75 Å². The van der Waals surface area contributed by atoms with Crippen LogP contribution in [0.3, 0.4) is 0 Å². The second-order valence-electron chi connectivity index (χ2n) is 7.72. The number of pyridine rings is 1. The van der Waals surface area contributed by atoms with E-state index in [1.807, 2.05) is 50.1 Å². The van der Waals surface area contributed by atoms with E-state index in [4.69, 9.17) is 4.52 Å². The number of benzene rings is 1. The number of ether oxygens (including phenoxy) is 1. The van der Waals surface area contributed by atoms with E-state index in [2.05, 4.69) is 29.9 Å². The van der Waals surface area contributed by atoms with Crippen molar-refractivity contribution in [2.45, 2.75) is 26.4 Å². The number of hydrogen-bond donors (Lipinski definition) is 0. The van der Waals surface area contributed by atoms with Crippen molar-refractivity contribution in [3.05, 3.63) is 65.6 Å². The van der Waals surface area contributed by atoms with Crippen LogP contribution in [-0.2, 0) is 13.1 Å². The molecule has 0 bridgehead atoms. The van der Waals surface area contributed by atoms with E-state index in [9.17, 15) is 13.2 Å². The van der Waals surface area contributed by atoms with E-state index in [-0.39, 0.29) is 17.5 Å². The molecule has 4 aromatic rings. The number of hydrogen-bond acceptors (Lipinski definition) is 7. The molecule has 1 aromatic carbocycles. The minimum Gasteiger partial charge on any atom is -0.406 e. The Labute approximate surface area is 187 Å². The van der Waals surface area contributed by atoms with Crippen LogP contribution in [0.4, 0.5) is 13.2 Å². The van der Waals surface area contributed by atoms with Gasteiger partial charge in [0.05, 0.1) is 12.2 Å². The molecule has 0 N–H and O–H groups in total. The SMILES string of the molecule is Cc1cc(-c2nc(-c3ccc(OC(F)(F)F)cc3)no2)nn1Cc1ccc(CN(C)C)nc1. The van der Waals surface area contributed by atoms with Crippen molar-refractivity contribution >= 4 is 0 Å². The molecule has 0 saturated heterocycles. The highest BCUT2D eigenvalue weighted by atomic mass is 19.4. The minimum atomic E-state index is -4.75. The van der Waals surface area contributed by atoms with Gasteiger partial charge in [-0.15, -0.1) is 13.2 Å². The summed E-state index contributed by atoms with van der Waals surface area (Å²) in [6.45, 7) is 3.21. The lowest BCUT2D eigenvalue weighted by Gasteiger charge is -2.09. The molecule has 0 spiro atoms. The highest BCUT2D eigenvalue weighted by Gasteiger charge is 2.31. The Balaban J connectivity index is 1.47. The molecular weight excluding hydrogens is 437 g/mol. The average Bonchev–Trinajstić information content (AvgIpc) is 3.36. The molecular formula is C22H21F3N6O2. The zero-order valence-electron chi connectivity index (χ0n) is 18.2. The Kier molecular flexibility index (Phi) is 6.14. The van der Waals surface area contributed by atoms with Gasteiger partial charge in [0.25, 0.3) is 5.89 Å². The third-order valence-corrected chi connectivity index (χ3v) is 4.67. The molecule has 0 unspecified atom stereocenters. The molecule has 4 rings (SSSR count). The van der Waals surface area contributed by atoms with Gasteiger partial charge in [0.15, 0.2) is 5.69 Å². The highest BCUT2D eigenvalue weighted by molar-refractivity contribution is 5.58. The second-order valence-corrected chi connectivity index (χ2v) is 7.72. The average molecular weight is 458 g/mol. The summed E-state index contributed by atoms with van der Waals surface area (Å²) in [6, 6.07) is 11.1. The number of halogens is 3. The van der Waals surface area contributed by atoms with Gasteiger partial charge in [-0.1, -0.05) is 11.2 Å². The minimum absolute atomic E-state index is 0.210. The molecule has 3 heterocycles.